The zero-order valence-electron chi connectivity index (χ0n) is 12.3. The fourth-order valence-electron chi connectivity index (χ4n) is 2.83. The second-order valence-corrected chi connectivity index (χ2v) is 6.63. The zero-order chi connectivity index (χ0) is 15.7. The quantitative estimate of drug-likeness (QED) is 0.787. The predicted molar refractivity (Wildman–Crippen MR) is 83.2 cm³/mol. The lowest BCUT2D eigenvalue weighted by Crippen LogP contribution is -2.33. The molecule has 118 valence electrons. The normalized spacial score (nSPS) is 24.6. The summed E-state index contributed by atoms with van der Waals surface area (Å²) in [7, 11) is 0. The number of aliphatic hydroxyl groups excluding tert-OH is 2. The van der Waals surface area contributed by atoms with Crippen molar-refractivity contribution >= 4 is 17.2 Å². The van der Waals surface area contributed by atoms with E-state index < -0.39 is 6.10 Å². The maximum Gasteiger partial charge on any atom is 0.263 e. The molecule has 0 bridgehead atoms. The summed E-state index contributed by atoms with van der Waals surface area (Å²) in [5, 5.41) is 22.7. The van der Waals surface area contributed by atoms with Gasteiger partial charge in [0.15, 0.2) is 5.13 Å². The van der Waals surface area contributed by atoms with Gasteiger partial charge in [-0.1, -0.05) is 11.3 Å². The third-order valence-corrected chi connectivity index (χ3v) is 5.21. The minimum absolute atomic E-state index is 0.0507. The molecule has 0 saturated heterocycles. The number of aliphatic hydroxyl groups is 2. The van der Waals surface area contributed by atoms with Gasteiger partial charge >= 0.3 is 0 Å². The van der Waals surface area contributed by atoms with Crippen LogP contribution in [0.25, 0.3) is 5.13 Å². The van der Waals surface area contributed by atoms with Crippen LogP contribution in [0.4, 0.5) is 0 Å². The predicted octanol–water partition coefficient (Wildman–Crippen LogP) is 1.10. The van der Waals surface area contributed by atoms with Gasteiger partial charge in [-0.05, 0) is 31.9 Å². The van der Waals surface area contributed by atoms with E-state index in [0.717, 1.165) is 5.13 Å². The van der Waals surface area contributed by atoms with Gasteiger partial charge in [0.2, 0.25) is 0 Å². The fraction of sp³-hybridized carbons (Fsp3) is 0.467. The Kier molecular flexibility index (Phi) is 4.28. The number of rotatable bonds is 4. The molecule has 3 rings (SSSR count). The van der Waals surface area contributed by atoms with E-state index in [-0.39, 0.29) is 24.5 Å². The SMILES string of the molecule is Cc1nc(-n2cccc2)sc1C(=O)N[C@H]1C[C@@H](CO)[C@@H](O)C1. The number of thiazole rings is 1. The number of hydrogen-bond donors (Lipinski definition) is 3. The van der Waals surface area contributed by atoms with Gasteiger partial charge in [-0.15, -0.1) is 0 Å². The van der Waals surface area contributed by atoms with Crippen molar-refractivity contribution in [1.82, 2.24) is 14.9 Å². The molecule has 2 aromatic heterocycles. The molecule has 3 N–H and O–H groups in total. The highest BCUT2D eigenvalue weighted by Gasteiger charge is 2.33. The number of aromatic nitrogens is 2. The van der Waals surface area contributed by atoms with Crippen molar-refractivity contribution in [1.29, 1.82) is 0 Å². The summed E-state index contributed by atoms with van der Waals surface area (Å²) in [5.41, 5.74) is 0.698. The summed E-state index contributed by atoms with van der Waals surface area (Å²) in [4.78, 5) is 17.4. The molecular formula is C15H19N3O3S. The Bertz CT molecular complexity index is 653. The van der Waals surface area contributed by atoms with E-state index in [1.165, 1.54) is 11.3 Å². The Morgan fingerprint density at radius 2 is 2.18 bits per heavy atom. The summed E-state index contributed by atoms with van der Waals surface area (Å²) in [6.07, 6.45) is 4.32. The molecule has 0 unspecified atom stereocenters. The van der Waals surface area contributed by atoms with Gasteiger partial charge in [0, 0.05) is 31.0 Å². The Balaban J connectivity index is 1.71. The van der Waals surface area contributed by atoms with Crippen LogP contribution < -0.4 is 5.32 Å². The summed E-state index contributed by atoms with van der Waals surface area (Å²) in [6, 6.07) is 3.72. The Hall–Kier alpha value is -1.70. The molecule has 1 aliphatic rings. The third kappa shape index (κ3) is 2.92. The molecule has 0 spiro atoms. The maximum absolute atomic E-state index is 12.4. The first-order chi connectivity index (χ1) is 10.6. The van der Waals surface area contributed by atoms with Gasteiger partial charge in [-0.25, -0.2) is 4.98 Å². The average Bonchev–Trinajstić information content (AvgIpc) is 3.18. The van der Waals surface area contributed by atoms with Crippen molar-refractivity contribution in [3.8, 4) is 5.13 Å². The van der Waals surface area contributed by atoms with Crippen LogP contribution in [0.3, 0.4) is 0 Å². The zero-order valence-corrected chi connectivity index (χ0v) is 13.1. The van der Waals surface area contributed by atoms with Crippen LogP contribution in [0.1, 0.15) is 28.2 Å². The standard InChI is InChI=1S/C15H19N3O3S/c1-9-13(22-15(16-9)18-4-2-3-5-18)14(21)17-11-6-10(8-19)12(20)7-11/h2-5,10-12,19-20H,6-8H2,1H3,(H,17,21)/t10-,11-,12-/m0/s1. The van der Waals surface area contributed by atoms with E-state index in [1.54, 1.807) is 0 Å². The summed E-state index contributed by atoms with van der Waals surface area (Å²) in [5.74, 6) is -0.313. The molecule has 0 aromatic carbocycles. The van der Waals surface area contributed by atoms with Crippen molar-refractivity contribution in [2.24, 2.45) is 5.92 Å². The molecule has 1 fully saturated rings. The van der Waals surface area contributed by atoms with E-state index in [0.29, 0.717) is 23.4 Å². The molecule has 0 radical (unpaired) electrons. The molecule has 1 amide bonds. The van der Waals surface area contributed by atoms with Gasteiger partial charge in [0.25, 0.3) is 5.91 Å². The van der Waals surface area contributed by atoms with Crippen LogP contribution >= 0.6 is 11.3 Å². The minimum Gasteiger partial charge on any atom is -0.396 e. The number of nitrogens with zero attached hydrogens (tertiary/aromatic N) is 2. The van der Waals surface area contributed by atoms with E-state index >= 15 is 0 Å². The van der Waals surface area contributed by atoms with E-state index in [1.807, 2.05) is 36.0 Å². The van der Waals surface area contributed by atoms with Crippen molar-refractivity contribution in [2.75, 3.05) is 6.61 Å². The first-order valence-corrected chi connectivity index (χ1v) is 8.10. The van der Waals surface area contributed by atoms with E-state index in [2.05, 4.69) is 10.3 Å². The first-order valence-electron chi connectivity index (χ1n) is 7.29. The highest BCUT2D eigenvalue weighted by Crippen LogP contribution is 2.27. The lowest BCUT2D eigenvalue weighted by molar-refractivity contribution is 0.0904. The lowest BCUT2D eigenvalue weighted by Gasteiger charge is -2.11. The second-order valence-electron chi connectivity index (χ2n) is 5.65. The number of hydrogen-bond acceptors (Lipinski definition) is 5. The largest absolute Gasteiger partial charge is 0.396 e. The number of carbonyl (C=O) groups excluding carboxylic acids is 1. The Morgan fingerprint density at radius 3 is 2.82 bits per heavy atom. The molecule has 0 aliphatic heterocycles. The molecule has 3 atom stereocenters. The second kappa shape index (κ2) is 6.20. The van der Waals surface area contributed by atoms with Crippen molar-refractivity contribution in [3.63, 3.8) is 0 Å². The lowest BCUT2D eigenvalue weighted by atomic mass is 10.1. The maximum atomic E-state index is 12.4. The number of amides is 1. The molecule has 6 nitrogen and oxygen atoms in total. The summed E-state index contributed by atoms with van der Waals surface area (Å²) >= 11 is 1.34. The van der Waals surface area contributed by atoms with Gasteiger partial charge in [-0.2, -0.15) is 0 Å². The van der Waals surface area contributed by atoms with Gasteiger partial charge in [-0.3, -0.25) is 4.79 Å². The van der Waals surface area contributed by atoms with Crippen LogP contribution in [0.15, 0.2) is 24.5 Å². The third-order valence-electron chi connectivity index (χ3n) is 4.04. The molecule has 22 heavy (non-hydrogen) atoms. The van der Waals surface area contributed by atoms with Crippen molar-refractivity contribution < 1.29 is 15.0 Å². The number of carbonyl (C=O) groups is 1. The Morgan fingerprint density at radius 1 is 1.45 bits per heavy atom. The minimum atomic E-state index is -0.548. The van der Waals surface area contributed by atoms with Crippen molar-refractivity contribution in [2.45, 2.75) is 31.9 Å². The van der Waals surface area contributed by atoms with Crippen LogP contribution in [-0.4, -0.2) is 44.4 Å². The van der Waals surface area contributed by atoms with Gasteiger partial charge in [0.1, 0.15) is 4.88 Å². The van der Waals surface area contributed by atoms with Gasteiger partial charge < -0.3 is 20.1 Å². The van der Waals surface area contributed by atoms with Gasteiger partial charge in [0.05, 0.1) is 11.8 Å². The number of nitrogens with one attached hydrogen (secondary N) is 1. The topological polar surface area (TPSA) is 87.4 Å². The first kappa shape index (κ1) is 15.2. The average molecular weight is 321 g/mol. The fourth-order valence-corrected chi connectivity index (χ4v) is 3.77. The van der Waals surface area contributed by atoms with E-state index in [4.69, 9.17) is 0 Å². The highest BCUT2D eigenvalue weighted by atomic mass is 32.1. The molecule has 1 aliphatic carbocycles. The molecule has 2 aromatic rings. The summed E-state index contributed by atoms with van der Waals surface area (Å²) in [6.45, 7) is 1.77. The molecule has 2 heterocycles. The molecule has 7 heteroatoms. The van der Waals surface area contributed by atoms with Crippen LogP contribution in [0.2, 0.25) is 0 Å². The van der Waals surface area contributed by atoms with Crippen LogP contribution in [0.5, 0.6) is 0 Å². The van der Waals surface area contributed by atoms with Crippen LogP contribution in [0, 0.1) is 12.8 Å². The highest BCUT2D eigenvalue weighted by molar-refractivity contribution is 7.16. The van der Waals surface area contributed by atoms with Crippen molar-refractivity contribution in [3.05, 3.63) is 35.1 Å². The summed E-state index contributed by atoms with van der Waals surface area (Å²) < 4.78 is 1.87. The molecule has 1 saturated carbocycles. The monoisotopic (exact) mass is 321 g/mol. The van der Waals surface area contributed by atoms with Crippen LogP contribution in [-0.2, 0) is 0 Å². The molecular weight excluding hydrogens is 302 g/mol. The Labute approximate surface area is 132 Å². The number of aryl methyl sites for hydroxylation is 1. The van der Waals surface area contributed by atoms with E-state index in [9.17, 15) is 15.0 Å². The smallest absolute Gasteiger partial charge is 0.263 e.